The summed E-state index contributed by atoms with van der Waals surface area (Å²) in [4.78, 5) is 13.5. The molecule has 1 N–H and O–H groups in total. The summed E-state index contributed by atoms with van der Waals surface area (Å²) in [5.74, 6) is 1.63. The SMILES string of the molecule is CCOc1ccc(OCC)c(NC(=O)CSc2cc(C)ccc2C)c1. The lowest BCUT2D eigenvalue weighted by Gasteiger charge is -2.14. The highest BCUT2D eigenvalue weighted by atomic mass is 32.2. The van der Waals surface area contributed by atoms with Gasteiger partial charge in [-0.25, -0.2) is 0 Å². The zero-order valence-corrected chi connectivity index (χ0v) is 16.0. The molecular weight excluding hydrogens is 334 g/mol. The highest BCUT2D eigenvalue weighted by Crippen LogP contribution is 2.30. The molecule has 4 nitrogen and oxygen atoms in total. The molecule has 0 heterocycles. The smallest absolute Gasteiger partial charge is 0.234 e. The van der Waals surface area contributed by atoms with Crippen molar-refractivity contribution in [3.05, 3.63) is 47.5 Å². The minimum Gasteiger partial charge on any atom is -0.494 e. The Morgan fingerprint density at radius 2 is 1.80 bits per heavy atom. The van der Waals surface area contributed by atoms with Crippen LogP contribution in [0, 0.1) is 13.8 Å². The molecule has 0 saturated carbocycles. The van der Waals surface area contributed by atoms with Crippen molar-refractivity contribution in [3.8, 4) is 11.5 Å². The Kier molecular flexibility index (Phi) is 7.19. The molecule has 2 aromatic rings. The summed E-state index contributed by atoms with van der Waals surface area (Å²) in [6.45, 7) is 9.06. The largest absolute Gasteiger partial charge is 0.494 e. The first kappa shape index (κ1) is 19.2. The van der Waals surface area contributed by atoms with Crippen LogP contribution in [0.1, 0.15) is 25.0 Å². The van der Waals surface area contributed by atoms with Crippen LogP contribution in [0.25, 0.3) is 0 Å². The zero-order valence-electron chi connectivity index (χ0n) is 15.2. The van der Waals surface area contributed by atoms with Crippen LogP contribution in [0.2, 0.25) is 0 Å². The third kappa shape index (κ3) is 5.71. The normalized spacial score (nSPS) is 10.4. The van der Waals surface area contributed by atoms with Crippen LogP contribution in [-0.2, 0) is 4.79 Å². The summed E-state index contributed by atoms with van der Waals surface area (Å²) < 4.78 is 11.1. The number of nitrogens with one attached hydrogen (secondary N) is 1. The van der Waals surface area contributed by atoms with E-state index in [0.29, 0.717) is 36.2 Å². The van der Waals surface area contributed by atoms with E-state index < -0.39 is 0 Å². The summed E-state index contributed by atoms with van der Waals surface area (Å²) in [5, 5.41) is 2.93. The number of benzene rings is 2. The van der Waals surface area contributed by atoms with Gasteiger partial charge >= 0.3 is 0 Å². The van der Waals surface area contributed by atoms with Crippen molar-refractivity contribution >= 4 is 23.4 Å². The molecule has 134 valence electrons. The number of rotatable bonds is 8. The average molecular weight is 359 g/mol. The number of ether oxygens (including phenoxy) is 2. The highest BCUT2D eigenvalue weighted by molar-refractivity contribution is 8.00. The van der Waals surface area contributed by atoms with Gasteiger partial charge in [-0.05, 0) is 51.5 Å². The maximum absolute atomic E-state index is 12.4. The van der Waals surface area contributed by atoms with Crippen LogP contribution in [0.15, 0.2) is 41.3 Å². The molecular formula is C20H25NO3S. The Morgan fingerprint density at radius 1 is 1.04 bits per heavy atom. The van der Waals surface area contributed by atoms with Gasteiger partial charge in [-0.3, -0.25) is 4.79 Å². The van der Waals surface area contributed by atoms with Crippen molar-refractivity contribution in [1.82, 2.24) is 0 Å². The highest BCUT2D eigenvalue weighted by Gasteiger charge is 2.11. The summed E-state index contributed by atoms with van der Waals surface area (Å²) >= 11 is 1.54. The summed E-state index contributed by atoms with van der Waals surface area (Å²) in [6.07, 6.45) is 0. The minimum atomic E-state index is -0.0690. The number of amides is 1. The zero-order chi connectivity index (χ0) is 18.2. The first-order valence-electron chi connectivity index (χ1n) is 8.43. The molecule has 25 heavy (non-hydrogen) atoms. The molecule has 0 aliphatic carbocycles. The van der Waals surface area contributed by atoms with E-state index >= 15 is 0 Å². The second kappa shape index (κ2) is 9.37. The van der Waals surface area contributed by atoms with Gasteiger partial charge in [0.05, 0.1) is 24.7 Å². The molecule has 0 spiro atoms. The van der Waals surface area contributed by atoms with Crippen LogP contribution in [0.4, 0.5) is 5.69 Å². The van der Waals surface area contributed by atoms with Gasteiger partial charge in [-0.2, -0.15) is 0 Å². The molecule has 2 aromatic carbocycles. The molecule has 0 unspecified atom stereocenters. The maximum atomic E-state index is 12.4. The number of thioether (sulfide) groups is 1. The van der Waals surface area contributed by atoms with Gasteiger partial charge in [-0.1, -0.05) is 17.7 Å². The third-order valence-electron chi connectivity index (χ3n) is 3.54. The first-order chi connectivity index (χ1) is 12.0. The topological polar surface area (TPSA) is 47.6 Å². The Morgan fingerprint density at radius 3 is 2.52 bits per heavy atom. The molecule has 0 saturated heterocycles. The van der Waals surface area contributed by atoms with Gasteiger partial charge in [-0.15, -0.1) is 11.8 Å². The van der Waals surface area contributed by atoms with E-state index in [-0.39, 0.29) is 5.91 Å². The molecule has 0 bridgehead atoms. The monoisotopic (exact) mass is 359 g/mol. The second-order valence-corrected chi connectivity index (χ2v) is 6.65. The van der Waals surface area contributed by atoms with Gasteiger partial charge in [0.1, 0.15) is 11.5 Å². The summed E-state index contributed by atoms with van der Waals surface area (Å²) in [5.41, 5.74) is 3.01. The van der Waals surface area contributed by atoms with E-state index in [9.17, 15) is 4.79 Å². The fourth-order valence-corrected chi connectivity index (χ4v) is 3.26. The number of aryl methyl sites for hydroxylation is 2. The standard InChI is InChI=1S/C20H25NO3S/c1-5-23-16-9-10-18(24-6-2)17(12-16)21-20(22)13-25-19-11-14(3)7-8-15(19)4/h7-12H,5-6,13H2,1-4H3,(H,21,22). The molecule has 2 rings (SSSR count). The number of carbonyl (C=O) groups excluding carboxylic acids is 1. The first-order valence-corrected chi connectivity index (χ1v) is 9.41. The lowest BCUT2D eigenvalue weighted by molar-refractivity contribution is -0.113. The molecule has 0 aliphatic rings. The fraction of sp³-hybridized carbons (Fsp3) is 0.350. The Balaban J connectivity index is 2.05. The summed E-state index contributed by atoms with van der Waals surface area (Å²) in [7, 11) is 0. The van der Waals surface area contributed by atoms with Crippen LogP contribution < -0.4 is 14.8 Å². The van der Waals surface area contributed by atoms with Gasteiger partial charge in [0, 0.05) is 11.0 Å². The maximum Gasteiger partial charge on any atom is 0.234 e. The molecule has 5 heteroatoms. The third-order valence-corrected chi connectivity index (χ3v) is 4.70. The van der Waals surface area contributed by atoms with Gasteiger partial charge in [0.25, 0.3) is 0 Å². The Hall–Kier alpha value is -2.14. The minimum absolute atomic E-state index is 0.0690. The van der Waals surface area contributed by atoms with Crippen molar-refractivity contribution in [3.63, 3.8) is 0 Å². The lowest BCUT2D eigenvalue weighted by atomic mass is 10.2. The van der Waals surface area contributed by atoms with Gasteiger partial charge in [0.15, 0.2) is 0 Å². The quantitative estimate of drug-likeness (QED) is 0.686. The number of hydrogen-bond donors (Lipinski definition) is 1. The van der Waals surface area contributed by atoms with Crippen molar-refractivity contribution in [2.24, 2.45) is 0 Å². The van der Waals surface area contributed by atoms with Crippen LogP contribution in [0.5, 0.6) is 11.5 Å². The van der Waals surface area contributed by atoms with Crippen LogP contribution in [0.3, 0.4) is 0 Å². The van der Waals surface area contributed by atoms with Crippen molar-refractivity contribution in [2.45, 2.75) is 32.6 Å². The van der Waals surface area contributed by atoms with Gasteiger partial charge in [0.2, 0.25) is 5.91 Å². The van der Waals surface area contributed by atoms with E-state index in [2.05, 4.69) is 37.4 Å². The fourth-order valence-electron chi connectivity index (χ4n) is 2.34. The van der Waals surface area contributed by atoms with Crippen LogP contribution in [-0.4, -0.2) is 24.9 Å². The Labute approximate surface area is 153 Å². The lowest BCUT2D eigenvalue weighted by Crippen LogP contribution is -2.15. The van der Waals surface area contributed by atoms with E-state index in [4.69, 9.17) is 9.47 Å². The number of anilines is 1. The Bertz CT molecular complexity index is 731. The van der Waals surface area contributed by atoms with Crippen molar-refractivity contribution < 1.29 is 14.3 Å². The molecule has 1 amide bonds. The second-order valence-electron chi connectivity index (χ2n) is 5.63. The predicted molar refractivity (Wildman–Crippen MR) is 104 cm³/mol. The predicted octanol–water partition coefficient (Wildman–Crippen LogP) is 4.83. The molecule has 0 aromatic heterocycles. The molecule has 0 fully saturated rings. The van der Waals surface area contributed by atoms with E-state index in [1.165, 1.54) is 22.9 Å². The average Bonchev–Trinajstić information content (AvgIpc) is 2.58. The number of hydrogen-bond acceptors (Lipinski definition) is 4. The summed E-state index contributed by atoms with van der Waals surface area (Å²) in [6, 6.07) is 11.7. The molecule has 0 atom stereocenters. The van der Waals surface area contributed by atoms with E-state index in [1.807, 2.05) is 26.0 Å². The van der Waals surface area contributed by atoms with Crippen LogP contribution >= 0.6 is 11.8 Å². The van der Waals surface area contributed by atoms with Gasteiger partial charge < -0.3 is 14.8 Å². The van der Waals surface area contributed by atoms with Crippen molar-refractivity contribution in [2.75, 3.05) is 24.3 Å². The van der Waals surface area contributed by atoms with E-state index in [1.54, 1.807) is 6.07 Å². The molecule has 0 aliphatic heterocycles. The van der Waals surface area contributed by atoms with Crippen molar-refractivity contribution in [1.29, 1.82) is 0 Å². The van der Waals surface area contributed by atoms with E-state index in [0.717, 1.165) is 4.90 Å². The number of carbonyl (C=O) groups is 1. The molecule has 0 radical (unpaired) electrons.